The summed E-state index contributed by atoms with van der Waals surface area (Å²) in [5.41, 5.74) is 0.655. The predicted octanol–water partition coefficient (Wildman–Crippen LogP) is 3.39. The standard InChI is InChI=1S/C15H20NO2/c1-15(2,3)18-14(17)16(13-9-10-13)11-12-7-5-4-6-8-12/h4-5,7-8,13H,9-11H2,1-3H3. The van der Waals surface area contributed by atoms with E-state index < -0.39 is 5.60 Å². The molecule has 0 aliphatic heterocycles. The van der Waals surface area contributed by atoms with Crippen LogP contribution in [0.2, 0.25) is 0 Å². The van der Waals surface area contributed by atoms with Crippen LogP contribution in [0.15, 0.2) is 24.3 Å². The van der Waals surface area contributed by atoms with Gasteiger partial charge in [0.05, 0.1) is 0 Å². The van der Waals surface area contributed by atoms with E-state index in [1.807, 2.05) is 49.9 Å². The molecule has 0 N–H and O–H groups in total. The van der Waals surface area contributed by atoms with Crippen LogP contribution in [0, 0.1) is 6.07 Å². The normalized spacial score (nSPS) is 15.3. The van der Waals surface area contributed by atoms with E-state index >= 15 is 0 Å². The molecule has 0 unspecified atom stereocenters. The number of hydrogen-bond acceptors (Lipinski definition) is 2. The van der Waals surface area contributed by atoms with E-state index in [1.165, 1.54) is 0 Å². The molecule has 1 radical (unpaired) electrons. The SMILES string of the molecule is CC(C)(C)OC(=O)N(Cc1c[c]ccc1)C1CC1. The summed E-state index contributed by atoms with van der Waals surface area (Å²) in [6.45, 7) is 6.29. The fourth-order valence-corrected chi connectivity index (χ4v) is 1.78. The van der Waals surface area contributed by atoms with Crippen LogP contribution in [0.25, 0.3) is 0 Å². The summed E-state index contributed by atoms with van der Waals surface area (Å²) >= 11 is 0. The first-order valence-electron chi connectivity index (χ1n) is 6.40. The molecule has 0 saturated heterocycles. The third-order valence-corrected chi connectivity index (χ3v) is 2.74. The first-order valence-corrected chi connectivity index (χ1v) is 6.40. The second-order valence-electron chi connectivity index (χ2n) is 5.75. The van der Waals surface area contributed by atoms with E-state index in [2.05, 4.69) is 6.07 Å². The van der Waals surface area contributed by atoms with Crippen molar-refractivity contribution < 1.29 is 9.53 Å². The molecule has 0 bridgehead atoms. The van der Waals surface area contributed by atoms with Crippen molar-refractivity contribution in [2.75, 3.05) is 0 Å². The Bertz CT molecular complexity index is 404. The topological polar surface area (TPSA) is 29.5 Å². The van der Waals surface area contributed by atoms with E-state index in [-0.39, 0.29) is 6.09 Å². The van der Waals surface area contributed by atoms with Crippen LogP contribution in [0.5, 0.6) is 0 Å². The lowest BCUT2D eigenvalue weighted by molar-refractivity contribution is 0.0216. The molecule has 0 aromatic heterocycles. The van der Waals surface area contributed by atoms with Crippen LogP contribution in [-0.2, 0) is 11.3 Å². The van der Waals surface area contributed by atoms with Crippen molar-refractivity contribution >= 4 is 6.09 Å². The molecule has 0 heterocycles. The molecule has 3 heteroatoms. The van der Waals surface area contributed by atoms with Gasteiger partial charge in [-0.05, 0) is 51.3 Å². The van der Waals surface area contributed by atoms with Crippen LogP contribution in [0.1, 0.15) is 39.2 Å². The van der Waals surface area contributed by atoms with Crippen LogP contribution < -0.4 is 0 Å². The summed E-state index contributed by atoms with van der Waals surface area (Å²) in [4.78, 5) is 14.0. The maximum atomic E-state index is 12.1. The minimum atomic E-state index is -0.437. The molecule has 1 aliphatic carbocycles. The predicted molar refractivity (Wildman–Crippen MR) is 70.1 cm³/mol. The van der Waals surface area contributed by atoms with Crippen molar-refractivity contribution in [2.24, 2.45) is 0 Å². The molecule has 3 nitrogen and oxygen atoms in total. The largest absolute Gasteiger partial charge is 0.444 e. The summed E-state index contributed by atoms with van der Waals surface area (Å²) < 4.78 is 5.45. The molecule has 18 heavy (non-hydrogen) atoms. The Hall–Kier alpha value is -1.51. The first-order chi connectivity index (χ1) is 8.46. The Kier molecular flexibility index (Phi) is 3.60. The van der Waals surface area contributed by atoms with Gasteiger partial charge in [-0.15, -0.1) is 0 Å². The summed E-state index contributed by atoms with van der Waals surface area (Å²) in [6.07, 6.45) is 1.94. The van der Waals surface area contributed by atoms with Gasteiger partial charge in [0.2, 0.25) is 0 Å². The molecule has 0 spiro atoms. The fourth-order valence-electron chi connectivity index (χ4n) is 1.78. The van der Waals surface area contributed by atoms with Gasteiger partial charge in [0.15, 0.2) is 0 Å². The molecule has 1 saturated carbocycles. The molecule has 97 valence electrons. The van der Waals surface area contributed by atoms with Crippen LogP contribution >= 0.6 is 0 Å². The zero-order chi connectivity index (χ0) is 13.2. The van der Waals surface area contributed by atoms with Gasteiger partial charge in [-0.25, -0.2) is 4.79 Å². The Labute approximate surface area is 109 Å². The zero-order valence-electron chi connectivity index (χ0n) is 11.3. The van der Waals surface area contributed by atoms with Gasteiger partial charge in [-0.2, -0.15) is 0 Å². The molecule has 1 amide bonds. The Balaban J connectivity index is 2.02. The fraction of sp³-hybridized carbons (Fsp3) is 0.533. The molecule has 0 atom stereocenters. The maximum absolute atomic E-state index is 12.1. The van der Waals surface area contributed by atoms with E-state index in [0.717, 1.165) is 18.4 Å². The van der Waals surface area contributed by atoms with Gasteiger partial charge >= 0.3 is 6.09 Å². The van der Waals surface area contributed by atoms with Crippen molar-refractivity contribution in [3.63, 3.8) is 0 Å². The highest BCUT2D eigenvalue weighted by Gasteiger charge is 2.35. The monoisotopic (exact) mass is 246 g/mol. The summed E-state index contributed by atoms with van der Waals surface area (Å²) in [6, 6.07) is 11.1. The molecule has 1 aliphatic rings. The molecule has 2 rings (SSSR count). The second kappa shape index (κ2) is 5.01. The van der Waals surface area contributed by atoms with E-state index in [1.54, 1.807) is 0 Å². The zero-order valence-corrected chi connectivity index (χ0v) is 11.3. The third-order valence-electron chi connectivity index (χ3n) is 2.74. The lowest BCUT2D eigenvalue weighted by Crippen LogP contribution is -2.37. The van der Waals surface area contributed by atoms with Gasteiger partial charge < -0.3 is 9.64 Å². The number of benzene rings is 1. The average molecular weight is 246 g/mol. The van der Waals surface area contributed by atoms with Crippen LogP contribution in [0.3, 0.4) is 0 Å². The first kappa shape index (κ1) is 12.9. The van der Waals surface area contributed by atoms with Crippen molar-refractivity contribution in [1.82, 2.24) is 4.90 Å². The van der Waals surface area contributed by atoms with Gasteiger partial charge in [-0.3, -0.25) is 0 Å². The second-order valence-corrected chi connectivity index (χ2v) is 5.75. The van der Waals surface area contributed by atoms with E-state index in [9.17, 15) is 4.79 Å². The van der Waals surface area contributed by atoms with Crippen molar-refractivity contribution in [3.05, 3.63) is 35.9 Å². The Morgan fingerprint density at radius 3 is 2.72 bits per heavy atom. The van der Waals surface area contributed by atoms with Gasteiger partial charge in [0.1, 0.15) is 5.60 Å². The number of carbonyl (C=O) groups excluding carboxylic acids is 1. The number of ether oxygens (including phenoxy) is 1. The average Bonchev–Trinajstić information content (AvgIpc) is 3.08. The quantitative estimate of drug-likeness (QED) is 0.818. The van der Waals surface area contributed by atoms with Crippen LogP contribution in [-0.4, -0.2) is 22.6 Å². The Morgan fingerprint density at radius 2 is 2.22 bits per heavy atom. The molecule has 1 aromatic carbocycles. The van der Waals surface area contributed by atoms with E-state index in [0.29, 0.717) is 12.6 Å². The number of nitrogens with zero attached hydrogens (tertiary/aromatic N) is 1. The number of rotatable bonds is 3. The number of hydrogen-bond donors (Lipinski definition) is 0. The van der Waals surface area contributed by atoms with E-state index in [4.69, 9.17) is 4.74 Å². The lowest BCUT2D eigenvalue weighted by atomic mass is 10.2. The highest BCUT2D eigenvalue weighted by molar-refractivity contribution is 5.69. The smallest absolute Gasteiger partial charge is 0.410 e. The highest BCUT2D eigenvalue weighted by Crippen LogP contribution is 2.29. The highest BCUT2D eigenvalue weighted by atomic mass is 16.6. The third kappa shape index (κ3) is 3.76. The number of amides is 1. The minimum absolute atomic E-state index is 0.214. The van der Waals surface area contributed by atoms with Crippen molar-refractivity contribution in [1.29, 1.82) is 0 Å². The minimum Gasteiger partial charge on any atom is -0.444 e. The molecular formula is C15H20NO2. The number of carbonyl (C=O) groups is 1. The van der Waals surface area contributed by atoms with Crippen molar-refractivity contribution in [3.8, 4) is 0 Å². The van der Waals surface area contributed by atoms with Gasteiger partial charge in [0, 0.05) is 12.6 Å². The summed E-state index contributed by atoms with van der Waals surface area (Å²) in [5, 5.41) is 0. The molecular weight excluding hydrogens is 226 g/mol. The lowest BCUT2D eigenvalue weighted by Gasteiger charge is -2.27. The van der Waals surface area contributed by atoms with Crippen LogP contribution in [0.4, 0.5) is 4.79 Å². The Morgan fingerprint density at radius 1 is 1.50 bits per heavy atom. The van der Waals surface area contributed by atoms with Gasteiger partial charge in [0.25, 0.3) is 0 Å². The summed E-state index contributed by atoms with van der Waals surface area (Å²) in [5.74, 6) is 0. The molecule has 1 aromatic rings. The molecule has 1 fully saturated rings. The van der Waals surface area contributed by atoms with Gasteiger partial charge in [-0.1, -0.05) is 18.2 Å². The maximum Gasteiger partial charge on any atom is 0.410 e. The summed E-state index contributed by atoms with van der Waals surface area (Å²) in [7, 11) is 0. The van der Waals surface area contributed by atoms with Crippen molar-refractivity contribution in [2.45, 2.75) is 51.8 Å².